The highest BCUT2D eigenvalue weighted by Gasteiger charge is 2.11. The molecule has 72 valence electrons. The standard InChI is InChI=1S/C9H13O3P/c1-7-4-5-9(6-8(7)2)12-13(3,10)11/h4-6H,1-3H3,(H,10,11). The Morgan fingerprint density at radius 3 is 2.38 bits per heavy atom. The van der Waals surface area contributed by atoms with Gasteiger partial charge in [-0.2, -0.15) is 0 Å². The first kappa shape index (κ1) is 10.3. The average Bonchev–Trinajstić information content (AvgIpc) is 1.94. The predicted molar refractivity (Wildman–Crippen MR) is 52.3 cm³/mol. The minimum atomic E-state index is -3.42. The molecule has 1 aromatic rings. The van der Waals surface area contributed by atoms with Gasteiger partial charge in [-0.05, 0) is 37.1 Å². The lowest BCUT2D eigenvalue weighted by Crippen LogP contribution is -1.90. The number of hydrogen-bond donors (Lipinski definition) is 1. The molecular formula is C9H13O3P. The largest absolute Gasteiger partial charge is 0.425 e. The van der Waals surface area contributed by atoms with Gasteiger partial charge in [-0.15, -0.1) is 0 Å². The molecule has 0 fully saturated rings. The molecule has 0 bridgehead atoms. The molecule has 0 aromatic heterocycles. The zero-order valence-corrected chi connectivity index (χ0v) is 8.84. The van der Waals surface area contributed by atoms with Gasteiger partial charge in [0.1, 0.15) is 5.75 Å². The topological polar surface area (TPSA) is 46.5 Å². The second-order valence-electron chi connectivity index (χ2n) is 3.14. The first-order chi connectivity index (χ1) is 5.88. The number of rotatable bonds is 2. The Labute approximate surface area is 77.9 Å². The Morgan fingerprint density at radius 2 is 1.92 bits per heavy atom. The van der Waals surface area contributed by atoms with Crippen molar-refractivity contribution >= 4 is 7.60 Å². The van der Waals surface area contributed by atoms with Gasteiger partial charge >= 0.3 is 7.60 Å². The second kappa shape index (κ2) is 3.52. The Morgan fingerprint density at radius 1 is 1.31 bits per heavy atom. The van der Waals surface area contributed by atoms with E-state index in [-0.39, 0.29) is 0 Å². The molecule has 0 spiro atoms. The van der Waals surface area contributed by atoms with Crippen molar-refractivity contribution in [2.75, 3.05) is 6.66 Å². The summed E-state index contributed by atoms with van der Waals surface area (Å²) < 4.78 is 15.8. The predicted octanol–water partition coefficient (Wildman–Crippen LogP) is 2.50. The third-order valence-electron chi connectivity index (χ3n) is 1.75. The molecule has 1 unspecified atom stereocenters. The van der Waals surface area contributed by atoms with Crippen LogP contribution in [0.2, 0.25) is 0 Å². The first-order valence-electron chi connectivity index (χ1n) is 3.95. The van der Waals surface area contributed by atoms with Gasteiger partial charge in [-0.25, -0.2) is 4.57 Å². The summed E-state index contributed by atoms with van der Waals surface area (Å²) >= 11 is 0. The Bertz CT molecular complexity index is 354. The molecule has 0 aliphatic rings. The molecule has 4 heteroatoms. The average molecular weight is 200 g/mol. The molecule has 0 aliphatic carbocycles. The van der Waals surface area contributed by atoms with E-state index in [1.807, 2.05) is 19.9 Å². The molecule has 0 amide bonds. The van der Waals surface area contributed by atoms with Crippen molar-refractivity contribution in [3.05, 3.63) is 29.3 Å². The van der Waals surface area contributed by atoms with Crippen LogP contribution in [0.3, 0.4) is 0 Å². The van der Waals surface area contributed by atoms with Gasteiger partial charge in [0.2, 0.25) is 0 Å². The summed E-state index contributed by atoms with van der Waals surface area (Å²) in [7, 11) is -3.42. The summed E-state index contributed by atoms with van der Waals surface area (Å²) in [5.41, 5.74) is 2.18. The second-order valence-corrected chi connectivity index (χ2v) is 4.93. The zero-order chi connectivity index (χ0) is 10.1. The summed E-state index contributed by atoms with van der Waals surface area (Å²) in [6, 6.07) is 5.30. The molecular weight excluding hydrogens is 187 g/mol. The van der Waals surface area contributed by atoms with Gasteiger partial charge in [-0.3, -0.25) is 0 Å². The van der Waals surface area contributed by atoms with E-state index >= 15 is 0 Å². The van der Waals surface area contributed by atoms with E-state index in [0.29, 0.717) is 5.75 Å². The molecule has 1 rings (SSSR count). The highest BCUT2D eigenvalue weighted by atomic mass is 31.2. The number of benzene rings is 1. The van der Waals surface area contributed by atoms with Crippen LogP contribution in [0.4, 0.5) is 0 Å². The SMILES string of the molecule is Cc1ccc(OP(C)(=O)O)cc1C. The van der Waals surface area contributed by atoms with Gasteiger partial charge in [0, 0.05) is 6.66 Å². The maximum absolute atomic E-state index is 10.9. The fraction of sp³-hybridized carbons (Fsp3) is 0.333. The van der Waals surface area contributed by atoms with Crippen molar-refractivity contribution in [2.45, 2.75) is 13.8 Å². The van der Waals surface area contributed by atoms with Gasteiger partial charge in [0.05, 0.1) is 0 Å². The molecule has 1 aromatic carbocycles. The van der Waals surface area contributed by atoms with E-state index in [1.54, 1.807) is 12.1 Å². The van der Waals surface area contributed by atoms with Crippen molar-refractivity contribution in [2.24, 2.45) is 0 Å². The maximum atomic E-state index is 10.9. The van der Waals surface area contributed by atoms with E-state index in [9.17, 15) is 4.57 Å². The van der Waals surface area contributed by atoms with Crippen LogP contribution >= 0.6 is 7.60 Å². The molecule has 3 nitrogen and oxygen atoms in total. The van der Waals surface area contributed by atoms with Gasteiger partial charge in [0.25, 0.3) is 0 Å². The maximum Gasteiger partial charge on any atom is 0.373 e. The third kappa shape index (κ3) is 3.21. The van der Waals surface area contributed by atoms with E-state index in [0.717, 1.165) is 11.1 Å². The normalized spacial score (nSPS) is 15.1. The lowest BCUT2D eigenvalue weighted by Gasteiger charge is -2.09. The van der Waals surface area contributed by atoms with Crippen LogP contribution in [-0.4, -0.2) is 11.6 Å². The summed E-state index contributed by atoms with van der Waals surface area (Å²) in [5, 5.41) is 0. The van der Waals surface area contributed by atoms with Crippen LogP contribution in [0.15, 0.2) is 18.2 Å². The van der Waals surface area contributed by atoms with Crippen LogP contribution in [0.5, 0.6) is 5.75 Å². The zero-order valence-electron chi connectivity index (χ0n) is 7.94. The monoisotopic (exact) mass is 200 g/mol. The number of hydrogen-bond acceptors (Lipinski definition) is 2. The summed E-state index contributed by atoms with van der Waals surface area (Å²) in [6.07, 6.45) is 0. The molecule has 1 N–H and O–H groups in total. The van der Waals surface area contributed by atoms with E-state index < -0.39 is 7.60 Å². The molecule has 0 radical (unpaired) electrons. The van der Waals surface area contributed by atoms with Crippen LogP contribution in [-0.2, 0) is 4.57 Å². The smallest absolute Gasteiger partial charge is 0.373 e. The highest BCUT2D eigenvalue weighted by molar-refractivity contribution is 7.52. The van der Waals surface area contributed by atoms with Crippen molar-refractivity contribution in [3.8, 4) is 5.75 Å². The van der Waals surface area contributed by atoms with E-state index in [1.165, 1.54) is 6.66 Å². The summed E-state index contributed by atoms with van der Waals surface area (Å²) in [6.45, 7) is 5.08. The van der Waals surface area contributed by atoms with E-state index in [4.69, 9.17) is 9.42 Å². The van der Waals surface area contributed by atoms with E-state index in [2.05, 4.69) is 0 Å². The minimum absolute atomic E-state index is 0.441. The Balaban J connectivity index is 2.92. The molecule has 0 aliphatic heterocycles. The van der Waals surface area contributed by atoms with Crippen LogP contribution in [0, 0.1) is 13.8 Å². The highest BCUT2D eigenvalue weighted by Crippen LogP contribution is 2.38. The van der Waals surface area contributed by atoms with Crippen LogP contribution in [0.1, 0.15) is 11.1 Å². The number of aryl methyl sites for hydroxylation is 2. The quantitative estimate of drug-likeness (QED) is 0.746. The van der Waals surface area contributed by atoms with Crippen molar-refractivity contribution in [3.63, 3.8) is 0 Å². The van der Waals surface area contributed by atoms with Crippen LogP contribution < -0.4 is 4.52 Å². The molecule has 1 atom stereocenters. The van der Waals surface area contributed by atoms with Crippen molar-refractivity contribution < 1.29 is 14.0 Å². The minimum Gasteiger partial charge on any atom is -0.425 e. The molecule has 0 saturated heterocycles. The fourth-order valence-electron chi connectivity index (χ4n) is 0.966. The van der Waals surface area contributed by atoms with Crippen molar-refractivity contribution in [1.82, 2.24) is 0 Å². The molecule has 0 saturated carbocycles. The van der Waals surface area contributed by atoms with Crippen molar-refractivity contribution in [1.29, 1.82) is 0 Å². The van der Waals surface area contributed by atoms with Gasteiger partial charge < -0.3 is 9.42 Å². The summed E-state index contributed by atoms with van der Waals surface area (Å²) in [4.78, 5) is 8.96. The Kier molecular flexibility index (Phi) is 2.79. The van der Waals surface area contributed by atoms with Gasteiger partial charge in [0.15, 0.2) is 0 Å². The van der Waals surface area contributed by atoms with Gasteiger partial charge in [-0.1, -0.05) is 6.07 Å². The third-order valence-corrected chi connectivity index (χ3v) is 2.30. The lowest BCUT2D eigenvalue weighted by atomic mass is 10.1. The molecule has 0 heterocycles. The fourth-order valence-corrected chi connectivity index (χ4v) is 1.47. The lowest BCUT2D eigenvalue weighted by molar-refractivity contribution is 0.387. The Hall–Kier alpha value is -0.790. The summed E-state index contributed by atoms with van der Waals surface area (Å²) in [5.74, 6) is 0.441. The molecule has 13 heavy (non-hydrogen) atoms. The van der Waals surface area contributed by atoms with Crippen LogP contribution in [0.25, 0.3) is 0 Å². The first-order valence-corrected chi connectivity index (χ1v) is 5.98.